The Morgan fingerprint density at radius 1 is 1.09 bits per heavy atom. The van der Waals surface area contributed by atoms with Crippen LogP contribution in [0.5, 0.6) is 0 Å². The third kappa shape index (κ3) is 7.55. The van der Waals surface area contributed by atoms with Gasteiger partial charge in [-0.05, 0) is 64.4 Å². The van der Waals surface area contributed by atoms with Crippen molar-refractivity contribution in [3.05, 3.63) is 64.7 Å². The van der Waals surface area contributed by atoms with E-state index in [1.54, 1.807) is 43.3 Å². The van der Waals surface area contributed by atoms with Crippen molar-refractivity contribution >= 4 is 33.4 Å². The van der Waals surface area contributed by atoms with Crippen molar-refractivity contribution in [3.8, 4) is 0 Å². The molecule has 9 heteroatoms. The molecule has 0 heterocycles. The van der Waals surface area contributed by atoms with Gasteiger partial charge in [0.25, 0.3) is 0 Å². The summed E-state index contributed by atoms with van der Waals surface area (Å²) in [6, 6.07) is 12.6. The summed E-state index contributed by atoms with van der Waals surface area (Å²) < 4.78 is 26.9. The first kappa shape index (κ1) is 26.8. The number of nitrogens with one attached hydrogen (secondary N) is 1. The first-order chi connectivity index (χ1) is 15.2. The van der Waals surface area contributed by atoms with Crippen molar-refractivity contribution in [1.29, 1.82) is 0 Å². The lowest BCUT2D eigenvalue weighted by atomic mass is 10.1. The summed E-state index contributed by atoms with van der Waals surface area (Å²) in [5.41, 5.74) is 1.18. The van der Waals surface area contributed by atoms with Crippen LogP contribution >= 0.6 is 11.6 Å². The summed E-state index contributed by atoms with van der Waals surface area (Å²) in [5, 5.41) is 3.38. The van der Waals surface area contributed by atoms with Crippen LogP contribution in [0, 0.1) is 6.92 Å². The number of aryl methyl sites for hydroxylation is 1. The highest BCUT2D eigenvalue weighted by Gasteiger charge is 2.31. The molecule has 2 amide bonds. The van der Waals surface area contributed by atoms with Crippen molar-refractivity contribution in [3.63, 3.8) is 0 Å². The standard InChI is InChI=1S/C24H32ClN3O4S/c1-17-10-12-21(13-11-17)33(31,32)27(6)16-22(29)28(15-19-8-7-9-20(25)14-19)18(2)23(30)26-24(3,4)5/h7-14,18H,15-16H2,1-6H3,(H,26,30)/t18-/m0/s1. The number of nitrogens with zero attached hydrogens (tertiary/aromatic N) is 2. The molecule has 1 atom stereocenters. The zero-order valence-electron chi connectivity index (χ0n) is 19.9. The fourth-order valence-electron chi connectivity index (χ4n) is 3.15. The van der Waals surface area contributed by atoms with Crippen LogP contribution in [-0.2, 0) is 26.2 Å². The first-order valence-corrected chi connectivity index (χ1v) is 12.4. The number of carbonyl (C=O) groups is 2. The molecule has 2 aromatic rings. The molecule has 2 aromatic carbocycles. The summed E-state index contributed by atoms with van der Waals surface area (Å²) in [6.07, 6.45) is 0. The van der Waals surface area contributed by atoms with Gasteiger partial charge in [0.2, 0.25) is 21.8 Å². The van der Waals surface area contributed by atoms with Gasteiger partial charge in [-0.15, -0.1) is 0 Å². The van der Waals surface area contributed by atoms with Crippen molar-refractivity contribution in [1.82, 2.24) is 14.5 Å². The second-order valence-corrected chi connectivity index (χ2v) is 11.6. The molecule has 1 N–H and O–H groups in total. The molecule has 0 aliphatic carbocycles. The summed E-state index contributed by atoms with van der Waals surface area (Å²) in [6.45, 7) is 8.73. The Morgan fingerprint density at radius 2 is 1.70 bits per heavy atom. The maximum atomic E-state index is 13.3. The van der Waals surface area contributed by atoms with Crippen molar-refractivity contribution in [2.45, 2.75) is 57.6 Å². The normalized spacial score (nSPS) is 13.0. The van der Waals surface area contributed by atoms with E-state index in [0.717, 1.165) is 15.4 Å². The maximum absolute atomic E-state index is 13.3. The van der Waals surface area contributed by atoms with Crippen LogP contribution in [0.2, 0.25) is 5.02 Å². The Labute approximate surface area is 201 Å². The number of benzene rings is 2. The fraction of sp³-hybridized carbons (Fsp3) is 0.417. The number of halogens is 1. The Bertz CT molecular complexity index is 1100. The van der Waals surface area contributed by atoms with Crippen LogP contribution in [0.1, 0.15) is 38.8 Å². The van der Waals surface area contributed by atoms with Gasteiger partial charge in [0.1, 0.15) is 6.04 Å². The van der Waals surface area contributed by atoms with E-state index < -0.39 is 34.1 Å². The van der Waals surface area contributed by atoms with Crippen molar-refractivity contribution in [2.24, 2.45) is 0 Å². The molecule has 0 bridgehead atoms. The molecule has 0 aliphatic rings. The largest absolute Gasteiger partial charge is 0.350 e. The molecule has 0 radical (unpaired) electrons. The van der Waals surface area contributed by atoms with Gasteiger partial charge in [0.05, 0.1) is 11.4 Å². The molecule has 180 valence electrons. The second-order valence-electron chi connectivity index (χ2n) is 9.14. The van der Waals surface area contributed by atoms with Crippen LogP contribution in [0.25, 0.3) is 0 Å². The van der Waals surface area contributed by atoms with E-state index in [1.165, 1.54) is 24.1 Å². The second kappa shape index (κ2) is 10.7. The number of rotatable bonds is 8. The number of hydrogen-bond donors (Lipinski definition) is 1. The molecular formula is C24H32ClN3O4S. The zero-order valence-corrected chi connectivity index (χ0v) is 21.5. The number of hydrogen-bond acceptors (Lipinski definition) is 4. The van der Waals surface area contributed by atoms with Crippen molar-refractivity contribution < 1.29 is 18.0 Å². The summed E-state index contributed by atoms with van der Waals surface area (Å²) in [4.78, 5) is 27.6. The van der Waals surface area contributed by atoms with Gasteiger partial charge in [-0.3, -0.25) is 9.59 Å². The molecule has 7 nitrogen and oxygen atoms in total. The van der Waals surface area contributed by atoms with E-state index in [9.17, 15) is 18.0 Å². The molecule has 33 heavy (non-hydrogen) atoms. The van der Waals surface area contributed by atoms with Gasteiger partial charge in [0, 0.05) is 24.2 Å². The van der Waals surface area contributed by atoms with Gasteiger partial charge >= 0.3 is 0 Å². The van der Waals surface area contributed by atoms with Gasteiger partial charge < -0.3 is 10.2 Å². The fourth-order valence-corrected chi connectivity index (χ4v) is 4.48. The third-order valence-electron chi connectivity index (χ3n) is 4.99. The van der Waals surface area contributed by atoms with E-state index in [-0.39, 0.29) is 17.3 Å². The lowest BCUT2D eigenvalue weighted by Crippen LogP contribution is -2.54. The van der Waals surface area contributed by atoms with Gasteiger partial charge in [-0.1, -0.05) is 41.4 Å². The van der Waals surface area contributed by atoms with Gasteiger partial charge in [0.15, 0.2) is 0 Å². The van der Waals surface area contributed by atoms with Crippen LogP contribution in [0.3, 0.4) is 0 Å². The average molecular weight is 494 g/mol. The Hall–Kier alpha value is -2.42. The molecule has 2 rings (SSSR count). The topological polar surface area (TPSA) is 86.8 Å². The van der Waals surface area contributed by atoms with Crippen LogP contribution in [0.15, 0.2) is 53.4 Å². The first-order valence-electron chi connectivity index (χ1n) is 10.6. The monoisotopic (exact) mass is 493 g/mol. The quantitative estimate of drug-likeness (QED) is 0.608. The molecule has 0 unspecified atom stereocenters. The molecular weight excluding hydrogens is 462 g/mol. The van der Waals surface area contributed by atoms with Crippen LogP contribution in [0.4, 0.5) is 0 Å². The predicted octanol–water partition coefficient (Wildman–Crippen LogP) is 3.60. The molecule has 0 spiro atoms. The van der Waals surface area contributed by atoms with E-state index in [1.807, 2.05) is 27.7 Å². The smallest absolute Gasteiger partial charge is 0.243 e. The highest BCUT2D eigenvalue weighted by atomic mass is 35.5. The molecule has 0 fully saturated rings. The predicted molar refractivity (Wildman–Crippen MR) is 130 cm³/mol. The molecule has 0 saturated heterocycles. The minimum absolute atomic E-state index is 0.100. The molecule has 0 saturated carbocycles. The molecule has 0 aliphatic heterocycles. The lowest BCUT2D eigenvalue weighted by molar-refractivity contribution is -0.141. The number of amides is 2. The van der Waals surface area contributed by atoms with Crippen LogP contribution < -0.4 is 5.32 Å². The minimum Gasteiger partial charge on any atom is -0.350 e. The SMILES string of the molecule is Cc1ccc(S(=O)(=O)N(C)CC(=O)N(Cc2cccc(Cl)c2)[C@@H](C)C(=O)NC(C)(C)C)cc1. The van der Waals surface area contributed by atoms with Crippen LogP contribution in [-0.4, -0.2) is 54.6 Å². The lowest BCUT2D eigenvalue weighted by Gasteiger charge is -2.32. The number of sulfonamides is 1. The Balaban J connectivity index is 2.29. The van der Waals surface area contributed by atoms with E-state index >= 15 is 0 Å². The van der Waals surface area contributed by atoms with E-state index in [2.05, 4.69) is 5.32 Å². The maximum Gasteiger partial charge on any atom is 0.243 e. The Kier molecular flexibility index (Phi) is 8.68. The van der Waals surface area contributed by atoms with Gasteiger partial charge in [-0.2, -0.15) is 4.31 Å². The third-order valence-corrected chi connectivity index (χ3v) is 7.05. The zero-order chi connectivity index (χ0) is 25.0. The van der Waals surface area contributed by atoms with E-state index in [4.69, 9.17) is 11.6 Å². The summed E-state index contributed by atoms with van der Waals surface area (Å²) >= 11 is 6.09. The summed E-state index contributed by atoms with van der Waals surface area (Å²) in [5.74, 6) is -0.827. The van der Waals surface area contributed by atoms with Crippen molar-refractivity contribution in [2.75, 3.05) is 13.6 Å². The number of likely N-dealkylation sites (N-methyl/N-ethyl adjacent to an activating group) is 1. The highest BCUT2D eigenvalue weighted by Crippen LogP contribution is 2.18. The highest BCUT2D eigenvalue weighted by molar-refractivity contribution is 7.89. The van der Waals surface area contributed by atoms with Gasteiger partial charge in [-0.25, -0.2) is 8.42 Å². The average Bonchev–Trinajstić information content (AvgIpc) is 2.70. The minimum atomic E-state index is -3.87. The molecule has 0 aromatic heterocycles. The summed E-state index contributed by atoms with van der Waals surface area (Å²) in [7, 11) is -2.52. The number of carbonyl (C=O) groups excluding carboxylic acids is 2. The van der Waals surface area contributed by atoms with E-state index in [0.29, 0.717) is 5.02 Å². The Morgan fingerprint density at radius 3 is 2.24 bits per heavy atom.